The van der Waals surface area contributed by atoms with E-state index in [2.05, 4.69) is 13.5 Å². The molecular weight excluding hydrogens is 328 g/mol. The summed E-state index contributed by atoms with van der Waals surface area (Å²) in [5.41, 5.74) is 1.11. The highest BCUT2D eigenvalue weighted by molar-refractivity contribution is 6.99. The molecule has 2 heterocycles. The number of hydrogen-bond acceptors (Lipinski definition) is 6. The zero-order valence-electron chi connectivity index (χ0n) is 11.9. The van der Waals surface area contributed by atoms with Crippen LogP contribution < -0.4 is 4.74 Å². The number of carbonyl (C=O) groups is 1. The van der Waals surface area contributed by atoms with Crippen LogP contribution in [-0.2, 0) is 4.74 Å². The minimum Gasteiger partial charge on any atom is -0.435 e. The maximum atomic E-state index is 12.3. The number of aromatic nitrogens is 2. The van der Waals surface area contributed by atoms with Gasteiger partial charge in [-0.05, 0) is 17.7 Å². The van der Waals surface area contributed by atoms with Crippen molar-refractivity contribution in [2.45, 2.75) is 12.7 Å². The normalized spacial score (nSPS) is 18.2. The van der Waals surface area contributed by atoms with Crippen LogP contribution in [0, 0.1) is 0 Å². The van der Waals surface area contributed by atoms with Crippen molar-refractivity contribution in [2.24, 2.45) is 0 Å². The Hall–Kier alpha value is -2.13. The quantitative estimate of drug-likeness (QED) is 0.854. The van der Waals surface area contributed by atoms with E-state index in [4.69, 9.17) is 4.74 Å². The summed E-state index contributed by atoms with van der Waals surface area (Å²) >= 11 is 0.982. The summed E-state index contributed by atoms with van der Waals surface area (Å²) in [5, 5.41) is 0. The fourth-order valence-electron chi connectivity index (χ4n) is 2.32. The number of hydrogen-bond donors (Lipinski definition) is 0. The molecule has 1 saturated heterocycles. The van der Waals surface area contributed by atoms with Crippen molar-refractivity contribution in [3.63, 3.8) is 0 Å². The summed E-state index contributed by atoms with van der Waals surface area (Å²) in [4.78, 5) is 13.9. The van der Waals surface area contributed by atoms with Crippen molar-refractivity contribution in [3.05, 3.63) is 41.7 Å². The lowest BCUT2D eigenvalue weighted by molar-refractivity contribution is -0.0499. The highest BCUT2D eigenvalue weighted by atomic mass is 32.1. The molecular formula is C14H13F2N3O3S. The van der Waals surface area contributed by atoms with Crippen LogP contribution in [0.1, 0.15) is 22.2 Å². The molecule has 0 saturated carbocycles. The van der Waals surface area contributed by atoms with Gasteiger partial charge in [0.05, 0.1) is 31.1 Å². The highest BCUT2D eigenvalue weighted by Crippen LogP contribution is 2.25. The predicted octanol–water partition coefficient (Wildman–Crippen LogP) is 2.35. The first-order chi connectivity index (χ1) is 11.1. The Morgan fingerprint density at radius 3 is 2.83 bits per heavy atom. The van der Waals surface area contributed by atoms with E-state index < -0.39 is 6.61 Å². The fourth-order valence-corrected chi connectivity index (χ4v) is 2.73. The molecule has 23 heavy (non-hydrogen) atoms. The second-order valence-electron chi connectivity index (χ2n) is 4.85. The molecule has 1 aromatic carbocycles. The van der Waals surface area contributed by atoms with Crippen LogP contribution in [-0.4, -0.2) is 45.9 Å². The number of alkyl halides is 2. The molecule has 0 spiro atoms. The van der Waals surface area contributed by atoms with Crippen molar-refractivity contribution in [1.82, 2.24) is 13.6 Å². The van der Waals surface area contributed by atoms with E-state index in [9.17, 15) is 13.6 Å². The van der Waals surface area contributed by atoms with E-state index in [1.54, 1.807) is 17.0 Å². The Kier molecular flexibility index (Phi) is 4.77. The van der Waals surface area contributed by atoms with Crippen LogP contribution in [0.4, 0.5) is 8.78 Å². The summed E-state index contributed by atoms with van der Waals surface area (Å²) < 4.78 is 42.0. The van der Waals surface area contributed by atoms with E-state index in [-0.39, 0.29) is 17.8 Å². The molecule has 1 amide bonds. The predicted molar refractivity (Wildman–Crippen MR) is 77.6 cm³/mol. The first-order valence-electron chi connectivity index (χ1n) is 6.86. The minimum absolute atomic E-state index is 0.0843. The lowest BCUT2D eigenvalue weighted by Gasteiger charge is -2.32. The molecule has 122 valence electrons. The van der Waals surface area contributed by atoms with Gasteiger partial charge in [-0.25, -0.2) is 0 Å². The molecule has 2 aromatic rings. The second-order valence-corrected chi connectivity index (χ2v) is 5.41. The van der Waals surface area contributed by atoms with E-state index in [0.29, 0.717) is 25.4 Å². The smallest absolute Gasteiger partial charge is 0.387 e. The van der Waals surface area contributed by atoms with E-state index in [0.717, 1.165) is 17.3 Å². The third-order valence-corrected chi connectivity index (χ3v) is 3.89. The number of benzene rings is 1. The zero-order valence-corrected chi connectivity index (χ0v) is 12.7. The van der Waals surface area contributed by atoms with Crippen molar-refractivity contribution in [3.8, 4) is 5.75 Å². The van der Waals surface area contributed by atoms with Crippen LogP contribution in [0.2, 0.25) is 0 Å². The zero-order chi connectivity index (χ0) is 16.2. The number of rotatable bonds is 4. The lowest BCUT2D eigenvalue weighted by atomic mass is 10.1. The maximum Gasteiger partial charge on any atom is 0.387 e. The number of halogens is 2. The molecule has 1 aromatic heterocycles. The molecule has 0 radical (unpaired) electrons. The van der Waals surface area contributed by atoms with Gasteiger partial charge >= 0.3 is 6.61 Å². The minimum atomic E-state index is -2.85. The van der Waals surface area contributed by atoms with Gasteiger partial charge in [-0.15, -0.1) is 0 Å². The molecule has 0 aliphatic carbocycles. The Balaban J connectivity index is 1.67. The number of carbonyl (C=O) groups excluding carboxylic acids is 1. The topological polar surface area (TPSA) is 64.6 Å². The molecule has 1 atom stereocenters. The molecule has 1 unspecified atom stereocenters. The molecule has 9 heteroatoms. The van der Waals surface area contributed by atoms with Gasteiger partial charge in [0.2, 0.25) is 0 Å². The second kappa shape index (κ2) is 6.97. The van der Waals surface area contributed by atoms with Gasteiger partial charge in [0.15, 0.2) is 5.69 Å². The largest absolute Gasteiger partial charge is 0.435 e. The summed E-state index contributed by atoms with van der Waals surface area (Å²) in [6.07, 6.45) is 1.12. The molecule has 0 N–H and O–H groups in total. The first kappa shape index (κ1) is 15.8. The molecule has 1 fully saturated rings. The average Bonchev–Trinajstić information content (AvgIpc) is 3.09. The van der Waals surface area contributed by atoms with Crippen LogP contribution in [0.15, 0.2) is 30.5 Å². The Morgan fingerprint density at radius 2 is 2.17 bits per heavy atom. The van der Waals surface area contributed by atoms with Gasteiger partial charge < -0.3 is 14.4 Å². The van der Waals surface area contributed by atoms with E-state index in [1.807, 2.05) is 0 Å². The maximum absolute atomic E-state index is 12.3. The van der Waals surface area contributed by atoms with E-state index in [1.165, 1.54) is 18.3 Å². The highest BCUT2D eigenvalue weighted by Gasteiger charge is 2.27. The van der Waals surface area contributed by atoms with Gasteiger partial charge in [-0.2, -0.15) is 17.5 Å². The SMILES string of the molecule is O=C(c1cnsn1)N1CCOC(c2ccc(OC(F)F)cc2)C1. The van der Waals surface area contributed by atoms with Gasteiger partial charge in [-0.3, -0.25) is 4.79 Å². The van der Waals surface area contributed by atoms with Crippen molar-refractivity contribution >= 4 is 17.6 Å². The molecule has 3 rings (SSSR count). The van der Waals surface area contributed by atoms with Crippen molar-refractivity contribution in [2.75, 3.05) is 19.7 Å². The number of amides is 1. The fraction of sp³-hybridized carbons (Fsp3) is 0.357. The van der Waals surface area contributed by atoms with Crippen LogP contribution in [0.25, 0.3) is 0 Å². The summed E-state index contributed by atoms with van der Waals surface area (Å²) in [6, 6.07) is 6.22. The van der Waals surface area contributed by atoms with Crippen molar-refractivity contribution in [1.29, 1.82) is 0 Å². The van der Waals surface area contributed by atoms with Gasteiger partial charge in [0.1, 0.15) is 11.9 Å². The van der Waals surface area contributed by atoms with Crippen LogP contribution in [0.5, 0.6) is 5.75 Å². The monoisotopic (exact) mass is 341 g/mol. The Bertz CT molecular complexity index is 652. The number of nitrogens with zero attached hydrogens (tertiary/aromatic N) is 3. The summed E-state index contributed by atoms with van der Waals surface area (Å²) in [6.45, 7) is -1.62. The molecule has 1 aliphatic heterocycles. The average molecular weight is 341 g/mol. The molecule has 0 bridgehead atoms. The van der Waals surface area contributed by atoms with Gasteiger partial charge in [-0.1, -0.05) is 12.1 Å². The van der Waals surface area contributed by atoms with Crippen LogP contribution >= 0.6 is 11.7 Å². The Morgan fingerprint density at radius 1 is 1.39 bits per heavy atom. The standard InChI is InChI=1S/C14H13F2N3O3S/c15-14(16)22-10-3-1-9(2-4-10)12-8-19(5-6-21-12)13(20)11-7-17-23-18-11/h1-4,7,12,14H,5-6,8H2. The number of ether oxygens (including phenoxy) is 2. The summed E-state index contributed by atoms with van der Waals surface area (Å²) in [5.74, 6) is -0.106. The third-order valence-electron chi connectivity index (χ3n) is 3.41. The summed E-state index contributed by atoms with van der Waals surface area (Å²) in [7, 11) is 0. The van der Waals surface area contributed by atoms with Crippen molar-refractivity contribution < 1.29 is 23.0 Å². The molecule has 1 aliphatic rings. The molecule has 6 nitrogen and oxygen atoms in total. The Labute approximate surface area is 135 Å². The third kappa shape index (κ3) is 3.80. The van der Waals surface area contributed by atoms with Gasteiger partial charge in [0.25, 0.3) is 5.91 Å². The van der Waals surface area contributed by atoms with E-state index >= 15 is 0 Å². The number of morpholine rings is 1. The van der Waals surface area contributed by atoms with Crippen LogP contribution in [0.3, 0.4) is 0 Å². The van der Waals surface area contributed by atoms with Gasteiger partial charge in [0, 0.05) is 6.54 Å². The lowest BCUT2D eigenvalue weighted by Crippen LogP contribution is -2.42. The first-order valence-corrected chi connectivity index (χ1v) is 7.60.